The molecule has 1 heterocycles. The zero-order chi connectivity index (χ0) is 62.8. The summed E-state index contributed by atoms with van der Waals surface area (Å²) in [7, 11) is 0. The molecule has 1 fully saturated rings. The van der Waals surface area contributed by atoms with Gasteiger partial charge in [-0.25, -0.2) is 0 Å². The Kier molecular flexibility index (Phi) is 63.2. The molecule has 508 valence electrons. The van der Waals surface area contributed by atoms with Crippen molar-refractivity contribution in [2.45, 2.75) is 403 Å². The Hall–Kier alpha value is -2.37. The summed E-state index contributed by atoms with van der Waals surface area (Å²) < 4.78 is 11.3. The minimum absolute atomic E-state index is 0.181. The molecule has 1 saturated heterocycles. The first kappa shape index (κ1) is 82.6. The molecule has 0 aromatic rings. The maximum absolute atomic E-state index is 13.2. The van der Waals surface area contributed by atoms with Crippen LogP contribution < -0.4 is 5.32 Å². The van der Waals surface area contributed by atoms with Crippen molar-refractivity contribution >= 4 is 5.91 Å². The molecule has 1 rings (SSSR count). The van der Waals surface area contributed by atoms with Crippen molar-refractivity contribution in [1.29, 1.82) is 0 Å². The molecule has 0 saturated carbocycles. The minimum atomic E-state index is -1.57. The number of nitrogens with one attached hydrogen (secondary N) is 1. The molecular formula is C78H143NO8. The monoisotopic (exact) mass is 1220 g/mol. The van der Waals surface area contributed by atoms with E-state index >= 15 is 0 Å². The third-order valence-corrected chi connectivity index (χ3v) is 17.8. The summed E-state index contributed by atoms with van der Waals surface area (Å²) in [5.41, 5.74) is 0. The molecular weight excluding hydrogens is 1080 g/mol. The lowest BCUT2D eigenvalue weighted by Gasteiger charge is -2.40. The number of rotatable bonds is 66. The predicted octanol–water partition coefficient (Wildman–Crippen LogP) is 21.1. The maximum atomic E-state index is 13.2. The summed E-state index contributed by atoms with van der Waals surface area (Å²) in [6.45, 7) is 3.70. The SMILES string of the molecule is CC/C=C\C/C=C\C/C=C\C/C=C\CCCCCCCCCCCCCCCCCCCCCCCCC(=O)NC(COC1OC(CO)C(O)C(O)C1O)C(O)/C=C/CC/C=C/CCCCCCCCCCCCCCCCCCCCCCCCC. The first-order valence-electron chi connectivity index (χ1n) is 37.7. The number of hydrogen-bond acceptors (Lipinski definition) is 8. The number of aliphatic hydroxyl groups excluding tert-OH is 5. The zero-order valence-electron chi connectivity index (χ0n) is 57.0. The van der Waals surface area contributed by atoms with Crippen LogP contribution in [0.25, 0.3) is 0 Å². The number of allylic oxidation sites excluding steroid dienone is 11. The van der Waals surface area contributed by atoms with Gasteiger partial charge in [-0.1, -0.05) is 356 Å². The van der Waals surface area contributed by atoms with E-state index in [0.717, 1.165) is 64.2 Å². The summed E-state index contributed by atoms with van der Waals surface area (Å²) in [4.78, 5) is 13.2. The van der Waals surface area contributed by atoms with Gasteiger partial charge in [0.2, 0.25) is 5.91 Å². The molecule has 1 aliphatic rings. The Morgan fingerprint density at radius 3 is 1.10 bits per heavy atom. The summed E-state index contributed by atoms with van der Waals surface area (Å²) in [5.74, 6) is -0.181. The molecule has 7 atom stereocenters. The molecule has 0 radical (unpaired) electrons. The van der Waals surface area contributed by atoms with Gasteiger partial charge in [-0.15, -0.1) is 0 Å². The lowest BCUT2D eigenvalue weighted by molar-refractivity contribution is -0.302. The molecule has 0 aromatic carbocycles. The third-order valence-electron chi connectivity index (χ3n) is 17.8. The minimum Gasteiger partial charge on any atom is -0.394 e. The molecule has 6 N–H and O–H groups in total. The topological polar surface area (TPSA) is 149 Å². The van der Waals surface area contributed by atoms with Crippen LogP contribution in [0.2, 0.25) is 0 Å². The van der Waals surface area contributed by atoms with Gasteiger partial charge < -0.3 is 40.3 Å². The van der Waals surface area contributed by atoms with Gasteiger partial charge in [-0.3, -0.25) is 4.79 Å². The fourth-order valence-corrected chi connectivity index (χ4v) is 11.9. The Balaban J connectivity index is 2.10. The van der Waals surface area contributed by atoms with Crippen LogP contribution in [-0.4, -0.2) is 87.5 Å². The second-order valence-corrected chi connectivity index (χ2v) is 26.1. The van der Waals surface area contributed by atoms with Crippen LogP contribution in [-0.2, 0) is 14.3 Å². The lowest BCUT2D eigenvalue weighted by Crippen LogP contribution is -2.60. The molecule has 0 bridgehead atoms. The fraction of sp³-hybridized carbons (Fsp3) is 0.833. The first-order chi connectivity index (χ1) is 42.8. The van der Waals surface area contributed by atoms with Crippen molar-refractivity contribution in [2.24, 2.45) is 0 Å². The standard InChI is InChI=1S/C78H143NO8/c1-3-5-7-9-11-13-15-17-19-21-23-25-27-29-31-33-34-35-36-37-38-40-42-44-46-48-50-52-54-56-58-60-62-64-66-68-74(82)79-71(70-86-78-77(85)76(84)75(83)73(69-80)87-78)72(81)67-65-63-61-59-57-55-53-51-49-47-45-43-41-39-32-30-28-26-24-22-20-18-16-14-12-10-8-6-4-2/h5,7,11,13,17,19,23,25,57,59,65,67,71-73,75-78,80-81,83-85H,3-4,6,8-10,12,14-16,18,20-22,24,26-56,58,60-64,66,68-70H2,1-2H3,(H,79,82)/b7-5-,13-11-,19-17-,25-23-,59-57+,67-65+. The van der Waals surface area contributed by atoms with E-state index in [9.17, 15) is 30.3 Å². The van der Waals surface area contributed by atoms with Crippen molar-refractivity contribution < 1.29 is 39.8 Å². The molecule has 1 aliphatic heterocycles. The Labute approximate surface area is 538 Å². The fourth-order valence-electron chi connectivity index (χ4n) is 11.9. The number of carbonyl (C=O) groups excluding carboxylic acids is 1. The van der Waals surface area contributed by atoms with Gasteiger partial charge in [0.05, 0.1) is 25.4 Å². The van der Waals surface area contributed by atoms with Gasteiger partial charge in [0, 0.05) is 6.42 Å². The summed E-state index contributed by atoms with van der Waals surface area (Å²) in [6.07, 6.45) is 87.5. The molecule has 9 heteroatoms. The molecule has 0 aromatic heterocycles. The van der Waals surface area contributed by atoms with Crippen LogP contribution in [0, 0.1) is 0 Å². The third kappa shape index (κ3) is 55.0. The molecule has 9 nitrogen and oxygen atoms in total. The van der Waals surface area contributed by atoms with E-state index in [0.29, 0.717) is 6.42 Å². The van der Waals surface area contributed by atoms with Crippen molar-refractivity contribution in [1.82, 2.24) is 5.32 Å². The van der Waals surface area contributed by atoms with E-state index in [1.807, 2.05) is 6.08 Å². The average molecular weight is 1220 g/mol. The largest absolute Gasteiger partial charge is 0.394 e. The van der Waals surface area contributed by atoms with Crippen LogP contribution in [0.4, 0.5) is 0 Å². The van der Waals surface area contributed by atoms with Gasteiger partial charge in [-0.2, -0.15) is 0 Å². The van der Waals surface area contributed by atoms with E-state index in [1.165, 1.54) is 276 Å². The quantitative estimate of drug-likeness (QED) is 0.0261. The molecule has 87 heavy (non-hydrogen) atoms. The van der Waals surface area contributed by atoms with Crippen LogP contribution in [0.5, 0.6) is 0 Å². The van der Waals surface area contributed by atoms with Gasteiger partial charge in [0.1, 0.15) is 24.4 Å². The maximum Gasteiger partial charge on any atom is 0.220 e. The van der Waals surface area contributed by atoms with Crippen molar-refractivity contribution in [2.75, 3.05) is 13.2 Å². The van der Waals surface area contributed by atoms with E-state index in [2.05, 4.69) is 79.9 Å². The number of aliphatic hydroxyl groups is 5. The van der Waals surface area contributed by atoms with Crippen molar-refractivity contribution in [3.8, 4) is 0 Å². The van der Waals surface area contributed by atoms with Gasteiger partial charge in [0.25, 0.3) is 0 Å². The average Bonchev–Trinajstić information content (AvgIpc) is 3.47. The van der Waals surface area contributed by atoms with Crippen molar-refractivity contribution in [3.05, 3.63) is 72.9 Å². The Morgan fingerprint density at radius 2 is 0.724 bits per heavy atom. The van der Waals surface area contributed by atoms with Gasteiger partial charge in [-0.05, 0) is 70.6 Å². The molecule has 0 aliphatic carbocycles. The first-order valence-corrected chi connectivity index (χ1v) is 37.7. The van der Waals surface area contributed by atoms with Crippen LogP contribution >= 0.6 is 0 Å². The van der Waals surface area contributed by atoms with Crippen LogP contribution in [0.1, 0.15) is 361 Å². The van der Waals surface area contributed by atoms with E-state index in [4.69, 9.17) is 9.47 Å². The lowest BCUT2D eigenvalue weighted by atomic mass is 9.99. The smallest absolute Gasteiger partial charge is 0.220 e. The molecule has 1 amide bonds. The molecule has 0 spiro atoms. The Morgan fingerprint density at radius 1 is 0.402 bits per heavy atom. The van der Waals surface area contributed by atoms with E-state index in [-0.39, 0.29) is 12.5 Å². The highest BCUT2D eigenvalue weighted by atomic mass is 16.7. The van der Waals surface area contributed by atoms with Crippen LogP contribution in [0.15, 0.2) is 72.9 Å². The van der Waals surface area contributed by atoms with Crippen LogP contribution in [0.3, 0.4) is 0 Å². The summed E-state index contributed by atoms with van der Waals surface area (Å²) in [6, 6.07) is -0.825. The highest BCUT2D eigenvalue weighted by molar-refractivity contribution is 5.76. The number of amides is 1. The second kappa shape index (κ2) is 66.5. The summed E-state index contributed by atoms with van der Waals surface area (Å²) >= 11 is 0. The highest BCUT2D eigenvalue weighted by Crippen LogP contribution is 2.24. The highest BCUT2D eigenvalue weighted by Gasteiger charge is 2.44. The van der Waals surface area contributed by atoms with Crippen molar-refractivity contribution in [3.63, 3.8) is 0 Å². The number of ether oxygens (including phenoxy) is 2. The molecule has 7 unspecified atom stereocenters. The zero-order valence-corrected chi connectivity index (χ0v) is 57.0. The summed E-state index contributed by atoms with van der Waals surface area (Å²) in [5, 5.41) is 54.8. The number of carbonyl (C=O) groups is 1. The van der Waals surface area contributed by atoms with E-state index in [1.54, 1.807) is 6.08 Å². The second-order valence-electron chi connectivity index (χ2n) is 26.1. The number of hydrogen-bond donors (Lipinski definition) is 6. The van der Waals surface area contributed by atoms with E-state index < -0.39 is 49.5 Å². The normalized spacial score (nSPS) is 18.4. The predicted molar refractivity (Wildman–Crippen MR) is 373 cm³/mol. The van der Waals surface area contributed by atoms with Gasteiger partial charge >= 0.3 is 0 Å². The number of unbranched alkanes of at least 4 members (excludes halogenated alkanes) is 46. The van der Waals surface area contributed by atoms with Gasteiger partial charge in [0.15, 0.2) is 6.29 Å². The Bertz CT molecular complexity index is 1610.